The van der Waals surface area contributed by atoms with Gasteiger partial charge in [-0.3, -0.25) is 4.18 Å². The van der Waals surface area contributed by atoms with E-state index < -0.39 is 53.0 Å². The van der Waals surface area contributed by atoms with Gasteiger partial charge in [0.05, 0.1) is 24.7 Å². The Morgan fingerprint density at radius 3 is 1.98 bits per heavy atom. The van der Waals surface area contributed by atoms with E-state index in [4.69, 9.17) is 23.1 Å². The third kappa shape index (κ3) is 8.56. The van der Waals surface area contributed by atoms with Gasteiger partial charge in [-0.1, -0.05) is 84.4 Å². The maximum atomic E-state index is 12.8. The van der Waals surface area contributed by atoms with Crippen molar-refractivity contribution < 1.29 is 36.7 Å². The van der Waals surface area contributed by atoms with E-state index in [9.17, 15) is 13.5 Å². The normalized spacial score (nSPS) is 20.8. The fourth-order valence-electron chi connectivity index (χ4n) is 4.61. The molecule has 0 aromatic heterocycles. The Kier molecular flexibility index (Phi) is 10.5. The van der Waals surface area contributed by atoms with Gasteiger partial charge in [-0.2, -0.15) is 8.42 Å². The number of aryl methyl sites for hydroxylation is 1. The summed E-state index contributed by atoms with van der Waals surface area (Å²) in [5, 5.41) is 11.3. The van der Waals surface area contributed by atoms with Crippen LogP contribution in [0, 0.1) is 6.92 Å². The highest BCUT2D eigenvalue weighted by Gasteiger charge is 2.50. The van der Waals surface area contributed by atoms with Crippen LogP contribution in [0.4, 0.5) is 0 Å². The van der Waals surface area contributed by atoms with Gasteiger partial charge in [-0.05, 0) is 44.0 Å². The lowest BCUT2D eigenvalue weighted by Crippen LogP contribution is -2.50. The first-order valence-electron chi connectivity index (χ1n) is 13.5. The van der Waals surface area contributed by atoms with Crippen molar-refractivity contribution in [2.24, 2.45) is 0 Å². The first-order valence-corrected chi connectivity index (χ1v) is 14.9. The predicted octanol–water partition coefficient (Wildman–Crippen LogP) is 4.94. The molecule has 0 amide bonds. The van der Waals surface area contributed by atoms with Crippen LogP contribution in [0.15, 0.2) is 102 Å². The molecule has 4 rings (SSSR count). The summed E-state index contributed by atoms with van der Waals surface area (Å²) in [5.41, 5.74) is 2.76. The number of aliphatic hydroxyl groups excluding tert-OH is 1. The van der Waals surface area contributed by atoms with Crippen molar-refractivity contribution >= 4 is 10.1 Å². The SMILES string of the molecule is C=C[C@@H](OCc1ccccc1)[C@H]1OC(C)(C)O[C@H]1[C@H](OCc1ccccc1)[C@H](O)COS(=O)(=O)c1ccc(C)cc1. The minimum absolute atomic E-state index is 0.00227. The molecule has 1 aliphatic heterocycles. The van der Waals surface area contributed by atoms with Crippen molar-refractivity contribution in [3.8, 4) is 0 Å². The lowest BCUT2D eigenvalue weighted by molar-refractivity contribution is -0.175. The Balaban J connectivity index is 1.55. The van der Waals surface area contributed by atoms with Crippen LogP contribution in [0.25, 0.3) is 0 Å². The lowest BCUT2D eigenvalue weighted by Gasteiger charge is -2.32. The average Bonchev–Trinajstić information content (AvgIpc) is 3.28. The molecule has 1 N–H and O–H groups in total. The Morgan fingerprint density at radius 2 is 1.41 bits per heavy atom. The topological polar surface area (TPSA) is 101 Å². The molecular formula is C32H38O8S. The van der Waals surface area contributed by atoms with Gasteiger partial charge in [0.25, 0.3) is 10.1 Å². The molecule has 1 heterocycles. The maximum Gasteiger partial charge on any atom is 0.297 e. The summed E-state index contributed by atoms with van der Waals surface area (Å²) in [6, 6.07) is 25.4. The standard InChI is InChI=1S/C32H38O8S/c1-5-28(36-20-24-12-8-6-9-13-24)30-31(40-32(3,4)39-30)29(37-21-25-14-10-7-11-15-25)27(33)22-38-41(34,35)26-18-16-23(2)17-19-26/h5-19,27-31,33H,1,20-22H2,2-4H3/t27-,28-,29-,30-,31+/m1/s1. The van der Waals surface area contributed by atoms with E-state index in [-0.39, 0.29) is 11.5 Å². The summed E-state index contributed by atoms with van der Waals surface area (Å²) in [6.45, 7) is 9.22. The molecule has 1 fully saturated rings. The summed E-state index contributed by atoms with van der Waals surface area (Å²) >= 11 is 0. The first kappa shape index (κ1) is 31.1. The van der Waals surface area contributed by atoms with Crippen LogP contribution in [0.3, 0.4) is 0 Å². The quantitative estimate of drug-likeness (QED) is 0.211. The van der Waals surface area contributed by atoms with Crippen LogP contribution in [0.2, 0.25) is 0 Å². The Hall–Kier alpha value is -2.89. The molecule has 0 saturated carbocycles. The Labute approximate surface area is 242 Å². The predicted molar refractivity (Wildman–Crippen MR) is 154 cm³/mol. The molecule has 220 valence electrons. The maximum absolute atomic E-state index is 12.8. The van der Waals surface area contributed by atoms with Crippen LogP contribution >= 0.6 is 0 Å². The fraction of sp³-hybridized carbons (Fsp3) is 0.375. The summed E-state index contributed by atoms with van der Waals surface area (Å²) in [7, 11) is -4.12. The molecule has 1 aliphatic rings. The monoisotopic (exact) mass is 582 g/mol. The van der Waals surface area contributed by atoms with Crippen LogP contribution in [-0.2, 0) is 46.5 Å². The highest BCUT2D eigenvalue weighted by Crippen LogP contribution is 2.35. The van der Waals surface area contributed by atoms with Gasteiger partial charge in [-0.25, -0.2) is 0 Å². The molecular weight excluding hydrogens is 544 g/mol. The van der Waals surface area contributed by atoms with Gasteiger partial charge in [0.2, 0.25) is 0 Å². The highest BCUT2D eigenvalue weighted by molar-refractivity contribution is 7.86. The van der Waals surface area contributed by atoms with E-state index in [0.717, 1.165) is 16.7 Å². The second-order valence-corrected chi connectivity index (χ2v) is 12.1. The van der Waals surface area contributed by atoms with E-state index in [0.29, 0.717) is 6.61 Å². The summed E-state index contributed by atoms with van der Waals surface area (Å²) in [6.07, 6.45) is -2.95. The van der Waals surface area contributed by atoms with Crippen LogP contribution in [0.1, 0.15) is 30.5 Å². The third-order valence-electron chi connectivity index (χ3n) is 6.70. The molecule has 0 spiro atoms. The zero-order valence-electron chi connectivity index (χ0n) is 23.6. The number of hydrogen-bond acceptors (Lipinski definition) is 8. The number of aliphatic hydroxyl groups is 1. The molecule has 1 saturated heterocycles. The third-order valence-corrected chi connectivity index (χ3v) is 7.99. The molecule has 9 heteroatoms. The van der Waals surface area contributed by atoms with Crippen molar-refractivity contribution in [2.45, 2.75) is 75.2 Å². The summed E-state index contributed by atoms with van der Waals surface area (Å²) in [5.74, 6) is -1.03. The molecule has 3 aromatic carbocycles. The van der Waals surface area contributed by atoms with Gasteiger partial charge < -0.3 is 24.1 Å². The Morgan fingerprint density at radius 1 is 0.878 bits per heavy atom. The van der Waals surface area contributed by atoms with Crippen LogP contribution < -0.4 is 0 Å². The van der Waals surface area contributed by atoms with E-state index in [1.807, 2.05) is 67.6 Å². The van der Waals surface area contributed by atoms with Crippen molar-refractivity contribution in [1.82, 2.24) is 0 Å². The number of ether oxygens (including phenoxy) is 4. The van der Waals surface area contributed by atoms with E-state index in [1.54, 1.807) is 32.1 Å². The van der Waals surface area contributed by atoms with Gasteiger partial charge in [0.1, 0.15) is 30.5 Å². The van der Waals surface area contributed by atoms with Gasteiger partial charge in [-0.15, -0.1) is 6.58 Å². The largest absolute Gasteiger partial charge is 0.388 e. The highest BCUT2D eigenvalue weighted by atomic mass is 32.2. The van der Waals surface area contributed by atoms with Gasteiger partial charge in [0.15, 0.2) is 5.79 Å². The fourth-order valence-corrected chi connectivity index (χ4v) is 5.53. The average molecular weight is 583 g/mol. The minimum atomic E-state index is -4.12. The number of hydrogen-bond donors (Lipinski definition) is 1. The van der Waals surface area contributed by atoms with Crippen molar-refractivity contribution in [1.29, 1.82) is 0 Å². The zero-order chi connectivity index (χ0) is 29.5. The van der Waals surface area contributed by atoms with E-state index in [1.165, 1.54) is 12.1 Å². The Bertz CT molecular complexity index is 1340. The number of benzene rings is 3. The molecule has 5 atom stereocenters. The molecule has 8 nitrogen and oxygen atoms in total. The van der Waals surface area contributed by atoms with Crippen LogP contribution in [0.5, 0.6) is 0 Å². The second-order valence-electron chi connectivity index (χ2n) is 10.4. The minimum Gasteiger partial charge on any atom is -0.388 e. The number of rotatable bonds is 14. The second kappa shape index (κ2) is 13.8. The summed E-state index contributed by atoms with van der Waals surface area (Å²) < 4.78 is 55.9. The van der Waals surface area contributed by atoms with Gasteiger partial charge >= 0.3 is 0 Å². The molecule has 0 unspecified atom stereocenters. The van der Waals surface area contributed by atoms with Crippen molar-refractivity contribution in [3.05, 3.63) is 114 Å². The van der Waals surface area contributed by atoms with Gasteiger partial charge in [0, 0.05) is 0 Å². The molecule has 0 aliphatic carbocycles. The lowest BCUT2D eigenvalue weighted by atomic mass is 9.99. The van der Waals surface area contributed by atoms with Crippen molar-refractivity contribution in [3.63, 3.8) is 0 Å². The zero-order valence-corrected chi connectivity index (χ0v) is 24.4. The summed E-state index contributed by atoms with van der Waals surface area (Å²) in [4.78, 5) is -0.00227. The van der Waals surface area contributed by atoms with E-state index in [2.05, 4.69) is 6.58 Å². The molecule has 3 aromatic rings. The molecule has 41 heavy (non-hydrogen) atoms. The van der Waals surface area contributed by atoms with E-state index >= 15 is 0 Å². The smallest absolute Gasteiger partial charge is 0.297 e. The molecule has 0 bridgehead atoms. The molecule has 0 radical (unpaired) electrons. The van der Waals surface area contributed by atoms with Crippen LogP contribution in [-0.4, -0.2) is 56.4 Å². The first-order chi connectivity index (χ1) is 19.6. The van der Waals surface area contributed by atoms with Crippen molar-refractivity contribution in [2.75, 3.05) is 6.61 Å².